The number of hydrogen-bond donors (Lipinski definition) is 1. The third-order valence-electron chi connectivity index (χ3n) is 5.07. The Hall–Kier alpha value is -2.95. The number of sulfonamides is 1. The van der Waals surface area contributed by atoms with Crippen molar-refractivity contribution in [3.63, 3.8) is 0 Å². The molecule has 2 aromatic carbocycles. The Bertz CT molecular complexity index is 1160. The smallest absolute Gasteiger partial charge is 0.262 e. The monoisotopic (exact) mass is 490 g/mol. The molecule has 2 aromatic rings. The second-order valence-corrected chi connectivity index (χ2v) is 10.2. The van der Waals surface area contributed by atoms with Gasteiger partial charge in [-0.15, -0.1) is 0 Å². The van der Waals surface area contributed by atoms with Crippen molar-refractivity contribution in [2.24, 2.45) is 0 Å². The number of ether oxygens (including phenoxy) is 3. The van der Waals surface area contributed by atoms with Crippen molar-refractivity contribution in [1.29, 1.82) is 0 Å². The van der Waals surface area contributed by atoms with Gasteiger partial charge >= 0.3 is 0 Å². The summed E-state index contributed by atoms with van der Waals surface area (Å²) in [5.74, 6) is -0.0520. The van der Waals surface area contributed by atoms with Crippen LogP contribution in [0.3, 0.4) is 0 Å². The zero-order chi connectivity index (χ0) is 24.9. The molecule has 184 valence electrons. The Labute approximate surface area is 200 Å². The van der Waals surface area contributed by atoms with Crippen LogP contribution in [0, 0.1) is 6.92 Å². The Morgan fingerprint density at radius 1 is 1.09 bits per heavy atom. The molecule has 0 spiro atoms. The van der Waals surface area contributed by atoms with Crippen LogP contribution in [0.15, 0.2) is 41.3 Å². The zero-order valence-corrected chi connectivity index (χ0v) is 20.6. The topological polar surface area (TPSA) is 111 Å². The first-order valence-electron chi connectivity index (χ1n) is 11.0. The van der Waals surface area contributed by atoms with Gasteiger partial charge in [0.1, 0.15) is 11.5 Å². The molecule has 1 aliphatic heterocycles. The van der Waals surface area contributed by atoms with E-state index in [0.29, 0.717) is 30.3 Å². The number of carbonyl (C=O) groups is 2. The molecule has 1 saturated heterocycles. The van der Waals surface area contributed by atoms with E-state index in [1.807, 2.05) is 20.8 Å². The lowest BCUT2D eigenvalue weighted by Crippen LogP contribution is -2.40. The molecule has 1 fully saturated rings. The van der Waals surface area contributed by atoms with Crippen molar-refractivity contribution in [3.8, 4) is 11.5 Å². The van der Waals surface area contributed by atoms with Gasteiger partial charge in [-0.3, -0.25) is 9.59 Å². The molecule has 1 heterocycles. The summed E-state index contributed by atoms with van der Waals surface area (Å²) in [5, 5.41) is 2.68. The summed E-state index contributed by atoms with van der Waals surface area (Å²) in [6.45, 7) is 7.74. The number of benzene rings is 2. The van der Waals surface area contributed by atoms with Gasteiger partial charge in [-0.05, 0) is 63.6 Å². The summed E-state index contributed by atoms with van der Waals surface area (Å²) in [6.07, 6.45) is -0.195. The van der Waals surface area contributed by atoms with Gasteiger partial charge in [-0.1, -0.05) is 6.07 Å². The standard InChI is InChI=1S/C24H30N2O7S/c1-16(2)33-22-8-6-19(34(29,30)26-9-11-31-12-10-26)14-21(22)25-24(28)15-32-23-13-17(3)5-7-20(23)18(4)27/h5-8,13-14,16H,9-12,15H2,1-4H3,(H,25,28). The Kier molecular flexibility index (Phi) is 8.29. The van der Waals surface area contributed by atoms with Gasteiger partial charge in [0.15, 0.2) is 12.4 Å². The number of anilines is 1. The maximum Gasteiger partial charge on any atom is 0.262 e. The average molecular weight is 491 g/mol. The average Bonchev–Trinajstić information content (AvgIpc) is 2.79. The molecule has 0 bridgehead atoms. The van der Waals surface area contributed by atoms with E-state index in [4.69, 9.17) is 14.2 Å². The third kappa shape index (κ3) is 6.34. The van der Waals surface area contributed by atoms with E-state index < -0.39 is 15.9 Å². The first-order valence-corrected chi connectivity index (χ1v) is 12.4. The summed E-state index contributed by atoms with van der Waals surface area (Å²) in [7, 11) is -3.76. The number of hydrogen-bond acceptors (Lipinski definition) is 7. The first-order chi connectivity index (χ1) is 16.1. The number of amides is 1. The second kappa shape index (κ2) is 11.0. The highest BCUT2D eigenvalue weighted by Gasteiger charge is 2.27. The Morgan fingerprint density at radius 2 is 1.79 bits per heavy atom. The lowest BCUT2D eigenvalue weighted by molar-refractivity contribution is -0.118. The summed E-state index contributed by atoms with van der Waals surface area (Å²) < 4.78 is 44.1. The molecule has 3 rings (SSSR count). The number of aryl methyl sites for hydroxylation is 1. The molecule has 9 nitrogen and oxygen atoms in total. The second-order valence-electron chi connectivity index (χ2n) is 8.23. The number of Topliss-reactive ketones (excluding diaryl/α,β-unsaturated/α-hetero) is 1. The van der Waals surface area contributed by atoms with Crippen molar-refractivity contribution < 1.29 is 32.2 Å². The van der Waals surface area contributed by atoms with Crippen molar-refractivity contribution >= 4 is 27.4 Å². The lowest BCUT2D eigenvalue weighted by atomic mass is 10.1. The molecular formula is C24H30N2O7S. The fourth-order valence-electron chi connectivity index (χ4n) is 3.43. The molecule has 10 heteroatoms. The number of nitrogens with one attached hydrogen (secondary N) is 1. The fourth-order valence-corrected chi connectivity index (χ4v) is 4.86. The third-order valence-corrected chi connectivity index (χ3v) is 6.97. The SMILES string of the molecule is CC(=O)c1ccc(C)cc1OCC(=O)Nc1cc(S(=O)(=O)N2CCOCC2)ccc1OC(C)C. The van der Waals surface area contributed by atoms with Crippen LogP contribution >= 0.6 is 0 Å². The van der Waals surface area contributed by atoms with Gasteiger partial charge in [-0.2, -0.15) is 4.31 Å². The van der Waals surface area contributed by atoms with E-state index in [0.717, 1.165) is 5.56 Å². The van der Waals surface area contributed by atoms with E-state index >= 15 is 0 Å². The highest BCUT2D eigenvalue weighted by Crippen LogP contribution is 2.30. The van der Waals surface area contributed by atoms with Gasteiger partial charge < -0.3 is 19.5 Å². The number of ketones is 1. The Morgan fingerprint density at radius 3 is 2.44 bits per heavy atom. The summed E-state index contributed by atoms with van der Waals surface area (Å²) in [6, 6.07) is 9.50. The lowest BCUT2D eigenvalue weighted by Gasteiger charge is -2.26. The molecule has 0 unspecified atom stereocenters. The van der Waals surface area contributed by atoms with E-state index in [2.05, 4.69) is 5.32 Å². The zero-order valence-electron chi connectivity index (χ0n) is 19.8. The quantitative estimate of drug-likeness (QED) is 0.538. The van der Waals surface area contributed by atoms with Crippen molar-refractivity contribution in [2.75, 3.05) is 38.2 Å². The van der Waals surface area contributed by atoms with Gasteiger partial charge in [0.25, 0.3) is 5.91 Å². The number of nitrogens with zero attached hydrogens (tertiary/aromatic N) is 1. The summed E-state index contributed by atoms with van der Waals surface area (Å²) in [5.41, 5.74) is 1.47. The highest BCUT2D eigenvalue weighted by atomic mass is 32.2. The van der Waals surface area contributed by atoms with Crippen LogP contribution in [-0.4, -0.2) is 63.4 Å². The normalized spacial score (nSPS) is 14.6. The summed E-state index contributed by atoms with van der Waals surface area (Å²) >= 11 is 0. The molecule has 0 atom stereocenters. The van der Waals surface area contributed by atoms with Crippen LogP contribution in [0.4, 0.5) is 5.69 Å². The van der Waals surface area contributed by atoms with Gasteiger partial charge in [0, 0.05) is 13.1 Å². The highest BCUT2D eigenvalue weighted by molar-refractivity contribution is 7.89. The summed E-state index contributed by atoms with van der Waals surface area (Å²) in [4.78, 5) is 24.6. The number of carbonyl (C=O) groups excluding carboxylic acids is 2. The molecule has 0 saturated carbocycles. The van der Waals surface area contributed by atoms with Crippen molar-refractivity contribution in [2.45, 2.75) is 38.7 Å². The molecule has 0 radical (unpaired) electrons. The fraction of sp³-hybridized carbons (Fsp3) is 0.417. The predicted molar refractivity (Wildman–Crippen MR) is 127 cm³/mol. The molecule has 1 amide bonds. The maximum atomic E-state index is 13.1. The molecule has 1 aliphatic rings. The largest absolute Gasteiger partial charge is 0.489 e. The van der Waals surface area contributed by atoms with Crippen LogP contribution in [-0.2, 0) is 19.6 Å². The van der Waals surface area contributed by atoms with Gasteiger partial charge in [0.05, 0.1) is 35.5 Å². The molecular weight excluding hydrogens is 460 g/mol. The van der Waals surface area contributed by atoms with E-state index in [1.165, 1.54) is 29.4 Å². The van der Waals surface area contributed by atoms with Gasteiger partial charge in [0.2, 0.25) is 10.0 Å². The van der Waals surface area contributed by atoms with Gasteiger partial charge in [-0.25, -0.2) is 8.42 Å². The van der Waals surface area contributed by atoms with Crippen LogP contribution in [0.2, 0.25) is 0 Å². The number of rotatable bonds is 9. The predicted octanol–water partition coefficient (Wildman–Crippen LogP) is 3.02. The van der Waals surface area contributed by atoms with E-state index in [-0.39, 0.29) is 42.2 Å². The molecule has 0 aliphatic carbocycles. The van der Waals surface area contributed by atoms with E-state index in [1.54, 1.807) is 18.2 Å². The van der Waals surface area contributed by atoms with Crippen molar-refractivity contribution in [3.05, 3.63) is 47.5 Å². The minimum atomic E-state index is -3.76. The minimum absolute atomic E-state index is 0.0410. The maximum absolute atomic E-state index is 13.1. The number of morpholine rings is 1. The van der Waals surface area contributed by atoms with E-state index in [9.17, 15) is 18.0 Å². The molecule has 0 aromatic heterocycles. The van der Waals surface area contributed by atoms with Crippen molar-refractivity contribution in [1.82, 2.24) is 4.31 Å². The minimum Gasteiger partial charge on any atom is -0.489 e. The molecule has 1 N–H and O–H groups in total. The molecule has 34 heavy (non-hydrogen) atoms. The van der Waals surface area contributed by atoms with Crippen LogP contribution < -0.4 is 14.8 Å². The van der Waals surface area contributed by atoms with Crippen LogP contribution in [0.1, 0.15) is 36.7 Å². The van der Waals surface area contributed by atoms with Crippen LogP contribution in [0.5, 0.6) is 11.5 Å². The first kappa shape index (κ1) is 25.7. The van der Waals surface area contributed by atoms with Crippen LogP contribution in [0.25, 0.3) is 0 Å². The Balaban J connectivity index is 1.81.